The van der Waals surface area contributed by atoms with Crippen LogP contribution in [-0.4, -0.2) is 14.8 Å². The van der Waals surface area contributed by atoms with Crippen molar-refractivity contribution in [3.05, 3.63) is 11.6 Å². The summed E-state index contributed by atoms with van der Waals surface area (Å²) in [7, 11) is 0. The minimum Gasteiger partial charge on any atom is -0.250 e. The summed E-state index contributed by atoms with van der Waals surface area (Å²) in [5, 5.41) is 4.73. The van der Waals surface area contributed by atoms with Gasteiger partial charge in [0.1, 0.15) is 5.82 Å². The second-order valence-electron chi connectivity index (χ2n) is 5.55. The van der Waals surface area contributed by atoms with E-state index in [0.29, 0.717) is 5.92 Å². The fraction of sp³-hybridized carbons (Fsp3) is 0.846. The fourth-order valence-corrected chi connectivity index (χ4v) is 3.02. The zero-order chi connectivity index (χ0) is 11.0. The summed E-state index contributed by atoms with van der Waals surface area (Å²) in [6.07, 6.45) is 9.15. The Morgan fingerprint density at radius 2 is 1.94 bits per heavy atom. The molecule has 2 aliphatic rings. The molecule has 1 aliphatic heterocycles. The Morgan fingerprint density at radius 3 is 2.75 bits per heavy atom. The van der Waals surface area contributed by atoms with Crippen molar-refractivity contribution in [3.8, 4) is 0 Å². The SMILES string of the molecule is CC1CCc2nc(C3CCCCC3)nn2C1. The maximum absolute atomic E-state index is 4.76. The van der Waals surface area contributed by atoms with Crippen molar-refractivity contribution in [1.82, 2.24) is 14.8 Å². The monoisotopic (exact) mass is 219 g/mol. The third-order valence-corrected chi connectivity index (χ3v) is 4.08. The maximum atomic E-state index is 4.76. The molecule has 1 aliphatic carbocycles. The molecule has 3 rings (SSSR count). The first kappa shape index (κ1) is 10.3. The van der Waals surface area contributed by atoms with Crippen LogP contribution in [0.3, 0.4) is 0 Å². The molecule has 0 bridgehead atoms. The van der Waals surface area contributed by atoms with Crippen molar-refractivity contribution in [2.24, 2.45) is 5.92 Å². The minimum absolute atomic E-state index is 0.655. The van der Waals surface area contributed by atoms with Gasteiger partial charge in [-0.25, -0.2) is 9.67 Å². The summed E-state index contributed by atoms with van der Waals surface area (Å²) in [6, 6.07) is 0. The number of hydrogen-bond acceptors (Lipinski definition) is 2. The molecule has 1 unspecified atom stereocenters. The van der Waals surface area contributed by atoms with Crippen LogP contribution in [0.5, 0.6) is 0 Å². The molecule has 1 saturated carbocycles. The number of rotatable bonds is 1. The predicted octanol–water partition coefficient (Wildman–Crippen LogP) is 2.91. The average Bonchev–Trinajstić information content (AvgIpc) is 2.73. The van der Waals surface area contributed by atoms with Crippen LogP contribution < -0.4 is 0 Å². The largest absolute Gasteiger partial charge is 0.250 e. The summed E-state index contributed by atoms with van der Waals surface area (Å²) >= 11 is 0. The molecular weight excluding hydrogens is 198 g/mol. The number of aryl methyl sites for hydroxylation is 1. The van der Waals surface area contributed by atoms with Gasteiger partial charge in [-0.3, -0.25) is 0 Å². The van der Waals surface area contributed by atoms with Crippen molar-refractivity contribution < 1.29 is 0 Å². The Hall–Kier alpha value is -0.860. The summed E-state index contributed by atoms with van der Waals surface area (Å²) in [4.78, 5) is 4.76. The molecule has 1 fully saturated rings. The van der Waals surface area contributed by atoms with Gasteiger partial charge in [-0.1, -0.05) is 26.2 Å². The molecule has 0 radical (unpaired) electrons. The van der Waals surface area contributed by atoms with E-state index in [-0.39, 0.29) is 0 Å². The van der Waals surface area contributed by atoms with Gasteiger partial charge in [0.15, 0.2) is 5.82 Å². The van der Waals surface area contributed by atoms with Gasteiger partial charge in [0.05, 0.1) is 0 Å². The van der Waals surface area contributed by atoms with Crippen molar-refractivity contribution in [2.75, 3.05) is 0 Å². The van der Waals surface area contributed by atoms with E-state index < -0.39 is 0 Å². The van der Waals surface area contributed by atoms with Crippen LogP contribution >= 0.6 is 0 Å². The second-order valence-corrected chi connectivity index (χ2v) is 5.55. The van der Waals surface area contributed by atoms with Gasteiger partial charge in [-0.2, -0.15) is 5.10 Å². The highest BCUT2D eigenvalue weighted by atomic mass is 15.4. The van der Waals surface area contributed by atoms with Crippen LogP contribution in [0, 0.1) is 5.92 Å². The van der Waals surface area contributed by atoms with E-state index >= 15 is 0 Å². The standard InChI is InChI=1S/C13H21N3/c1-10-7-8-12-14-13(15-16(12)9-10)11-5-3-2-4-6-11/h10-11H,2-9H2,1H3. The minimum atomic E-state index is 0.655. The molecule has 1 atom stereocenters. The lowest BCUT2D eigenvalue weighted by molar-refractivity contribution is 0.364. The Kier molecular flexibility index (Phi) is 2.70. The molecule has 0 spiro atoms. The molecule has 1 aromatic heterocycles. The molecule has 0 N–H and O–H groups in total. The van der Waals surface area contributed by atoms with E-state index in [1.807, 2.05) is 0 Å². The van der Waals surface area contributed by atoms with E-state index in [2.05, 4.69) is 11.6 Å². The maximum Gasteiger partial charge on any atom is 0.154 e. The molecule has 2 heterocycles. The van der Waals surface area contributed by atoms with Crippen LogP contribution in [0.15, 0.2) is 0 Å². The van der Waals surface area contributed by atoms with E-state index in [9.17, 15) is 0 Å². The average molecular weight is 219 g/mol. The summed E-state index contributed by atoms with van der Waals surface area (Å²) < 4.78 is 2.16. The predicted molar refractivity (Wildman–Crippen MR) is 63.3 cm³/mol. The molecule has 3 nitrogen and oxygen atoms in total. The third kappa shape index (κ3) is 1.87. The zero-order valence-electron chi connectivity index (χ0n) is 10.2. The van der Waals surface area contributed by atoms with Gasteiger partial charge < -0.3 is 0 Å². The first-order chi connectivity index (χ1) is 7.83. The Labute approximate surface area is 97.3 Å². The first-order valence-corrected chi connectivity index (χ1v) is 6.76. The van der Waals surface area contributed by atoms with Crippen molar-refractivity contribution in [2.45, 2.75) is 64.3 Å². The number of fused-ring (bicyclic) bond motifs is 1. The molecule has 0 amide bonds. The molecule has 0 aromatic carbocycles. The molecule has 88 valence electrons. The van der Waals surface area contributed by atoms with Gasteiger partial charge in [-0.05, 0) is 25.2 Å². The van der Waals surface area contributed by atoms with E-state index in [4.69, 9.17) is 10.1 Å². The second kappa shape index (κ2) is 4.19. The topological polar surface area (TPSA) is 30.7 Å². The lowest BCUT2D eigenvalue weighted by Crippen LogP contribution is -2.19. The van der Waals surface area contributed by atoms with Crippen LogP contribution in [0.2, 0.25) is 0 Å². The van der Waals surface area contributed by atoms with Gasteiger partial charge in [0, 0.05) is 18.9 Å². The summed E-state index contributed by atoms with van der Waals surface area (Å²) in [6.45, 7) is 3.39. The highest BCUT2D eigenvalue weighted by Crippen LogP contribution is 2.31. The van der Waals surface area contributed by atoms with E-state index in [1.54, 1.807) is 0 Å². The first-order valence-electron chi connectivity index (χ1n) is 6.76. The molecule has 16 heavy (non-hydrogen) atoms. The van der Waals surface area contributed by atoms with Crippen molar-refractivity contribution >= 4 is 0 Å². The Bertz CT molecular complexity index is 363. The zero-order valence-corrected chi connectivity index (χ0v) is 10.2. The van der Waals surface area contributed by atoms with Gasteiger partial charge in [-0.15, -0.1) is 0 Å². The Morgan fingerprint density at radius 1 is 1.12 bits per heavy atom. The van der Waals surface area contributed by atoms with Crippen LogP contribution in [0.1, 0.15) is 63.0 Å². The van der Waals surface area contributed by atoms with E-state index in [1.165, 1.54) is 44.3 Å². The van der Waals surface area contributed by atoms with Crippen molar-refractivity contribution in [1.29, 1.82) is 0 Å². The van der Waals surface area contributed by atoms with Crippen LogP contribution in [0.25, 0.3) is 0 Å². The normalized spacial score (nSPS) is 26.7. The molecule has 1 aromatic rings. The lowest BCUT2D eigenvalue weighted by atomic mass is 9.89. The highest BCUT2D eigenvalue weighted by molar-refractivity contribution is 5.02. The van der Waals surface area contributed by atoms with Crippen LogP contribution in [-0.2, 0) is 13.0 Å². The van der Waals surface area contributed by atoms with E-state index in [0.717, 1.165) is 24.7 Å². The number of hydrogen-bond donors (Lipinski definition) is 0. The number of aromatic nitrogens is 3. The number of nitrogens with zero attached hydrogens (tertiary/aromatic N) is 3. The summed E-state index contributed by atoms with van der Waals surface area (Å²) in [5.41, 5.74) is 0. The van der Waals surface area contributed by atoms with Gasteiger partial charge in [0.2, 0.25) is 0 Å². The smallest absolute Gasteiger partial charge is 0.154 e. The molecular formula is C13H21N3. The fourth-order valence-electron chi connectivity index (χ4n) is 3.02. The summed E-state index contributed by atoms with van der Waals surface area (Å²) in [5.74, 6) is 3.80. The lowest BCUT2D eigenvalue weighted by Gasteiger charge is -2.18. The third-order valence-electron chi connectivity index (χ3n) is 4.08. The van der Waals surface area contributed by atoms with Crippen LogP contribution in [0.4, 0.5) is 0 Å². The quantitative estimate of drug-likeness (QED) is 0.727. The highest BCUT2D eigenvalue weighted by Gasteiger charge is 2.24. The Balaban J connectivity index is 1.80. The van der Waals surface area contributed by atoms with Gasteiger partial charge >= 0.3 is 0 Å². The van der Waals surface area contributed by atoms with Crippen molar-refractivity contribution in [3.63, 3.8) is 0 Å². The molecule has 3 heteroatoms. The molecule has 0 saturated heterocycles. The van der Waals surface area contributed by atoms with Gasteiger partial charge in [0.25, 0.3) is 0 Å².